The second kappa shape index (κ2) is 6.29. The lowest BCUT2D eigenvalue weighted by atomic mass is 9.78. The Bertz CT molecular complexity index is 759. The van der Waals surface area contributed by atoms with Gasteiger partial charge in [-0.2, -0.15) is 0 Å². The average molecular weight is 384 g/mol. The van der Waals surface area contributed by atoms with E-state index in [1.165, 1.54) is 12.1 Å². The molecule has 26 heavy (non-hydrogen) atoms. The van der Waals surface area contributed by atoms with E-state index in [2.05, 4.69) is 9.47 Å². The second-order valence-electron chi connectivity index (χ2n) is 5.39. The molecule has 1 aliphatic rings. The number of alkyl halides is 6. The maximum Gasteiger partial charge on any atom is 0.573 e. The first-order valence-electron chi connectivity index (χ1n) is 6.87. The minimum atomic E-state index is -5.21. The van der Waals surface area contributed by atoms with Crippen LogP contribution in [-0.4, -0.2) is 18.8 Å². The largest absolute Gasteiger partial charge is 0.573 e. The van der Waals surface area contributed by atoms with Crippen molar-refractivity contribution in [2.75, 3.05) is 0 Å². The summed E-state index contributed by atoms with van der Waals surface area (Å²) in [5.41, 5.74) is 18.5. The predicted molar refractivity (Wildman–Crippen MR) is 77.6 cm³/mol. The molecule has 0 spiro atoms. The number of para-hydroxylation sites is 1. The van der Waals surface area contributed by atoms with Gasteiger partial charge in [-0.25, -0.2) is 0 Å². The zero-order chi connectivity index (χ0) is 19.9. The fraction of sp³-hybridized carbons (Fsp3) is 0.286. The quantitative estimate of drug-likeness (QED) is 0.588. The Morgan fingerprint density at radius 3 is 2.04 bits per heavy atom. The monoisotopic (exact) mass is 384 g/mol. The molecular weight excluding hydrogens is 370 g/mol. The number of halogens is 6. The Hall–Kier alpha value is -2.60. The molecule has 1 aromatic rings. The Labute approximate surface area is 143 Å². The van der Waals surface area contributed by atoms with Crippen LogP contribution in [0, 0.1) is 0 Å². The lowest BCUT2D eigenvalue weighted by Gasteiger charge is -2.40. The molecule has 12 heteroatoms. The lowest BCUT2D eigenvalue weighted by molar-refractivity contribution is -0.343. The predicted octanol–water partition coefficient (Wildman–Crippen LogP) is 1.63. The molecule has 6 nitrogen and oxygen atoms in total. The summed E-state index contributed by atoms with van der Waals surface area (Å²) in [6.45, 7) is 0. The van der Waals surface area contributed by atoms with Crippen molar-refractivity contribution in [2.24, 2.45) is 22.9 Å². The molecule has 8 N–H and O–H groups in total. The molecule has 0 aliphatic heterocycles. The van der Waals surface area contributed by atoms with Crippen LogP contribution < -0.4 is 27.7 Å². The van der Waals surface area contributed by atoms with Gasteiger partial charge in [0.1, 0.15) is 11.9 Å². The highest BCUT2D eigenvalue weighted by Crippen LogP contribution is 2.42. The van der Waals surface area contributed by atoms with Crippen LogP contribution in [0.5, 0.6) is 5.75 Å². The molecule has 144 valence electrons. The van der Waals surface area contributed by atoms with Crippen LogP contribution in [0.1, 0.15) is 5.56 Å². The molecular formula is C14H14F6N4O2. The van der Waals surface area contributed by atoms with Crippen molar-refractivity contribution in [3.8, 4) is 5.75 Å². The van der Waals surface area contributed by atoms with Gasteiger partial charge in [0.05, 0.1) is 22.6 Å². The summed E-state index contributed by atoms with van der Waals surface area (Å²) in [5, 5.41) is 0. The van der Waals surface area contributed by atoms with Crippen molar-refractivity contribution < 1.29 is 35.8 Å². The van der Waals surface area contributed by atoms with Crippen molar-refractivity contribution >= 4 is 0 Å². The maximum atomic E-state index is 12.8. The Morgan fingerprint density at radius 2 is 1.50 bits per heavy atom. The third-order valence-corrected chi connectivity index (χ3v) is 3.56. The van der Waals surface area contributed by atoms with Gasteiger partial charge in [0.2, 0.25) is 0 Å². The standard InChI is InChI=1S/C14H14F6N4O2/c15-13(16,17)25-8-4-2-1-3-6(8)12(24)5-7(21)9(22)10(23)11(12)26-14(18,19)20/h1-5,11H,21-24H2. The summed E-state index contributed by atoms with van der Waals surface area (Å²) in [4.78, 5) is 0. The third-order valence-electron chi connectivity index (χ3n) is 3.56. The summed E-state index contributed by atoms with van der Waals surface area (Å²) >= 11 is 0. The van der Waals surface area contributed by atoms with Gasteiger partial charge in [-0.15, -0.1) is 26.3 Å². The molecule has 2 rings (SSSR count). The molecule has 0 radical (unpaired) electrons. The van der Waals surface area contributed by atoms with E-state index in [9.17, 15) is 26.3 Å². The van der Waals surface area contributed by atoms with E-state index in [1.54, 1.807) is 0 Å². The third kappa shape index (κ3) is 3.96. The molecule has 1 aromatic carbocycles. The summed E-state index contributed by atoms with van der Waals surface area (Å²) in [5.74, 6) is -0.837. The number of rotatable bonds is 3. The van der Waals surface area contributed by atoms with Gasteiger partial charge in [0.15, 0.2) is 0 Å². The molecule has 1 aliphatic carbocycles. The van der Waals surface area contributed by atoms with Crippen LogP contribution >= 0.6 is 0 Å². The van der Waals surface area contributed by atoms with E-state index in [0.29, 0.717) is 0 Å². The summed E-state index contributed by atoms with van der Waals surface area (Å²) < 4.78 is 84.1. The van der Waals surface area contributed by atoms with Crippen LogP contribution in [0.4, 0.5) is 26.3 Å². The smallest absolute Gasteiger partial charge is 0.405 e. The Morgan fingerprint density at radius 1 is 0.923 bits per heavy atom. The van der Waals surface area contributed by atoms with Crippen LogP contribution in [0.25, 0.3) is 0 Å². The number of hydrogen-bond acceptors (Lipinski definition) is 6. The summed E-state index contributed by atoms with van der Waals surface area (Å²) in [6, 6.07) is 4.34. The van der Waals surface area contributed by atoms with Crippen LogP contribution in [0.3, 0.4) is 0 Å². The number of benzene rings is 1. The van der Waals surface area contributed by atoms with Gasteiger partial charge >= 0.3 is 12.7 Å². The number of hydrogen-bond donors (Lipinski definition) is 4. The van der Waals surface area contributed by atoms with E-state index in [4.69, 9.17) is 22.9 Å². The van der Waals surface area contributed by atoms with Crippen molar-refractivity contribution in [1.29, 1.82) is 0 Å². The van der Waals surface area contributed by atoms with Gasteiger partial charge < -0.3 is 27.7 Å². The van der Waals surface area contributed by atoms with E-state index in [0.717, 1.165) is 18.2 Å². The highest BCUT2D eigenvalue weighted by molar-refractivity contribution is 5.51. The van der Waals surface area contributed by atoms with Gasteiger partial charge in [0, 0.05) is 5.56 Å². The summed E-state index contributed by atoms with van der Waals surface area (Å²) in [6.07, 6.45) is -11.7. The lowest BCUT2D eigenvalue weighted by Crippen LogP contribution is -2.55. The molecule has 0 amide bonds. The Kier molecular flexibility index (Phi) is 4.77. The highest BCUT2D eigenvalue weighted by atomic mass is 19.4. The van der Waals surface area contributed by atoms with Crippen molar-refractivity contribution in [2.45, 2.75) is 24.4 Å². The molecule has 0 fully saturated rings. The highest BCUT2D eigenvalue weighted by Gasteiger charge is 2.49. The normalized spacial score (nSPS) is 24.4. The van der Waals surface area contributed by atoms with Gasteiger partial charge in [-0.1, -0.05) is 18.2 Å². The van der Waals surface area contributed by atoms with Crippen molar-refractivity contribution in [1.82, 2.24) is 0 Å². The molecule has 0 bridgehead atoms. The van der Waals surface area contributed by atoms with Crippen molar-refractivity contribution in [3.63, 3.8) is 0 Å². The fourth-order valence-electron chi connectivity index (χ4n) is 2.53. The van der Waals surface area contributed by atoms with E-state index in [-0.39, 0.29) is 5.70 Å². The fourth-order valence-corrected chi connectivity index (χ4v) is 2.53. The minimum Gasteiger partial charge on any atom is -0.405 e. The first-order valence-corrected chi connectivity index (χ1v) is 6.87. The first kappa shape index (κ1) is 19.7. The molecule has 0 saturated heterocycles. The zero-order valence-corrected chi connectivity index (χ0v) is 12.9. The number of ether oxygens (including phenoxy) is 2. The van der Waals surface area contributed by atoms with Crippen LogP contribution in [0.15, 0.2) is 47.4 Å². The van der Waals surface area contributed by atoms with E-state index < -0.39 is 47.1 Å². The molecule has 2 atom stereocenters. The van der Waals surface area contributed by atoms with E-state index >= 15 is 0 Å². The van der Waals surface area contributed by atoms with Crippen LogP contribution in [-0.2, 0) is 10.3 Å². The molecule has 0 heterocycles. The van der Waals surface area contributed by atoms with Crippen molar-refractivity contribution in [3.05, 3.63) is 53.0 Å². The van der Waals surface area contributed by atoms with Gasteiger partial charge in [-0.05, 0) is 12.1 Å². The first-order chi connectivity index (χ1) is 11.7. The molecule has 2 unspecified atom stereocenters. The topological polar surface area (TPSA) is 123 Å². The van der Waals surface area contributed by atoms with Gasteiger partial charge in [-0.3, -0.25) is 4.74 Å². The second-order valence-corrected chi connectivity index (χ2v) is 5.39. The number of nitrogens with two attached hydrogens (primary N) is 4. The maximum absolute atomic E-state index is 12.8. The average Bonchev–Trinajstić information content (AvgIpc) is 2.47. The molecule has 0 aromatic heterocycles. The van der Waals surface area contributed by atoms with Gasteiger partial charge in [0.25, 0.3) is 0 Å². The molecule has 0 saturated carbocycles. The minimum absolute atomic E-state index is 0.311. The van der Waals surface area contributed by atoms with E-state index in [1.807, 2.05) is 0 Å². The van der Waals surface area contributed by atoms with Crippen LogP contribution in [0.2, 0.25) is 0 Å². The SMILES string of the molecule is NC1=CC(N)(c2ccccc2OC(F)(F)F)C(OC(F)(F)F)C(N)=C1N. The Balaban J connectivity index is 2.64. The summed E-state index contributed by atoms with van der Waals surface area (Å²) in [7, 11) is 0. The zero-order valence-electron chi connectivity index (χ0n) is 12.9.